The normalized spacial score (nSPS) is 19.0. The molecule has 0 bridgehead atoms. The molecule has 1 unspecified atom stereocenters. The minimum atomic E-state index is 0.128. The van der Waals surface area contributed by atoms with Gasteiger partial charge in [0.2, 0.25) is 0 Å². The number of hydrogen-bond donors (Lipinski definition) is 2. The maximum atomic E-state index is 9.64. The van der Waals surface area contributed by atoms with Crippen LogP contribution in [-0.4, -0.2) is 29.3 Å². The Bertz CT molecular complexity index is 470. The first kappa shape index (κ1) is 15.5. The fourth-order valence-corrected chi connectivity index (χ4v) is 2.85. The van der Waals surface area contributed by atoms with Crippen LogP contribution in [0.5, 0.6) is 0 Å². The highest BCUT2D eigenvalue weighted by molar-refractivity contribution is 9.10. The van der Waals surface area contributed by atoms with E-state index in [9.17, 15) is 5.11 Å². The van der Waals surface area contributed by atoms with Crippen molar-refractivity contribution in [2.24, 2.45) is 0 Å². The largest absolute Gasteiger partial charge is 0.392 e. The molecule has 1 heterocycles. The Morgan fingerprint density at radius 2 is 2.00 bits per heavy atom. The summed E-state index contributed by atoms with van der Waals surface area (Å²) in [6, 6.07) is 8.59. The van der Waals surface area contributed by atoms with Gasteiger partial charge in [0.25, 0.3) is 0 Å². The van der Waals surface area contributed by atoms with Gasteiger partial charge in [-0.3, -0.25) is 0 Å². The molecule has 3 nitrogen and oxygen atoms in total. The highest BCUT2D eigenvalue weighted by Crippen LogP contribution is 2.23. The number of halogens is 1. The van der Waals surface area contributed by atoms with Crippen molar-refractivity contribution in [3.8, 4) is 0 Å². The number of rotatable bonds is 6. The number of aliphatic hydroxyl groups is 1. The van der Waals surface area contributed by atoms with Gasteiger partial charge in [0, 0.05) is 16.7 Å². The first-order valence-electron chi connectivity index (χ1n) is 7.24. The molecule has 0 aliphatic carbocycles. The summed E-state index contributed by atoms with van der Waals surface area (Å²) < 4.78 is 1.10. The lowest BCUT2D eigenvalue weighted by molar-refractivity contribution is 0.247. The molecule has 20 heavy (non-hydrogen) atoms. The fourth-order valence-electron chi connectivity index (χ4n) is 2.59. The van der Waals surface area contributed by atoms with Crippen molar-refractivity contribution in [2.45, 2.75) is 39.2 Å². The van der Waals surface area contributed by atoms with Gasteiger partial charge in [0.15, 0.2) is 0 Å². The molecule has 0 radical (unpaired) electrons. The molecule has 0 amide bonds. The number of nitrogens with zero attached hydrogens (tertiary/aromatic N) is 1. The van der Waals surface area contributed by atoms with Crippen molar-refractivity contribution in [2.75, 3.05) is 13.2 Å². The SMILES string of the molecule is CCCCN1NC(Cc2ccc(Br)cc2)C(CO)=C1C. The van der Waals surface area contributed by atoms with E-state index in [2.05, 4.69) is 64.5 Å². The predicted molar refractivity (Wildman–Crippen MR) is 86.2 cm³/mol. The average Bonchev–Trinajstić information content (AvgIpc) is 2.74. The van der Waals surface area contributed by atoms with Crippen LogP contribution in [0.4, 0.5) is 0 Å². The molecule has 4 heteroatoms. The summed E-state index contributed by atoms with van der Waals surface area (Å²) in [5.41, 5.74) is 7.10. The lowest BCUT2D eigenvalue weighted by atomic mass is 10.00. The summed E-state index contributed by atoms with van der Waals surface area (Å²) in [7, 11) is 0. The smallest absolute Gasteiger partial charge is 0.0677 e. The van der Waals surface area contributed by atoms with E-state index in [0.717, 1.165) is 29.4 Å². The first-order valence-corrected chi connectivity index (χ1v) is 8.03. The van der Waals surface area contributed by atoms with Crippen LogP contribution < -0.4 is 5.43 Å². The van der Waals surface area contributed by atoms with E-state index in [-0.39, 0.29) is 12.6 Å². The summed E-state index contributed by atoms with van der Waals surface area (Å²) in [4.78, 5) is 0. The highest BCUT2D eigenvalue weighted by atomic mass is 79.9. The van der Waals surface area contributed by atoms with Crippen LogP contribution in [0.3, 0.4) is 0 Å². The molecular formula is C16H23BrN2O. The molecule has 1 aliphatic heterocycles. The zero-order chi connectivity index (χ0) is 14.5. The van der Waals surface area contributed by atoms with E-state index >= 15 is 0 Å². The van der Waals surface area contributed by atoms with Crippen LogP contribution in [0.2, 0.25) is 0 Å². The zero-order valence-corrected chi connectivity index (χ0v) is 13.8. The second kappa shape index (κ2) is 7.25. The summed E-state index contributed by atoms with van der Waals surface area (Å²) >= 11 is 3.46. The van der Waals surface area contributed by atoms with Gasteiger partial charge in [0.1, 0.15) is 0 Å². The van der Waals surface area contributed by atoms with E-state index in [1.807, 2.05) is 0 Å². The zero-order valence-electron chi connectivity index (χ0n) is 12.2. The van der Waals surface area contributed by atoms with Crippen molar-refractivity contribution >= 4 is 15.9 Å². The van der Waals surface area contributed by atoms with Crippen molar-refractivity contribution in [1.29, 1.82) is 0 Å². The molecule has 2 N–H and O–H groups in total. The Morgan fingerprint density at radius 3 is 2.60 bits per heavy atom. The Hall–Kier alpha value is -0.840. The number of unbranched alkanes of at least 4 members (excludes halogenated alkanes) is 1. The molecule has 1 aliphatic rings. The first-order chi connectivity index (χ1) is 9.65. The summed E-state index contributed by atoms with van der Waals surface area (Å²) in [5.74, 6) is 0. The van der Waals surface area contributed by atoms with Gasteiger partial charge in [-0.1, -0.05) is 41.4 Å². The maximum absolute atomic E-state index is 9.64. The third kappa shape index (κ3) is 3.62. The van der Waals surface area contributed by atoms with Crippen LogP contribution in [0.25, 0.3) is 0 Å². The van der Waals surface area contributed by atoms with Gasteiger partial charge in [-0.05, 0) is 43.0 Å². The number of hydrogen-bond acceptors (Lipinski definition) is 3. The maximum Gasteiger partial charge on any atom is 0.0677 e. The molecule has 1 aromatic rings. The second-order valence-electron chi connectivity index (χ2n) is 5.29. The van der Waals surface area contributed by atoms with Crippen LogP contribution in [0, 0.1) is 0 Å². The minimum Gasteiger partial charge on any atom is -0.392 e. The van der Waals surface area contributed by atoms with E-state index in [1.165, 1.54) is 17.7 Å². The quantitative estimate of drug-likeness (QED) is 0.835. The fraction of sp³-hybridized carbons (Fsp3) is 0.500. The van der Waals surface area contributed by atoms with Crippen LogP contribution in [0.15, 0.2) is 40.0 Å². The molecule has 0 aromatic heterocycles. The molecule has 0 saturated carbocycles. The van der Waals surface area contributed by atoms with Gasteiger partial charge in [-0.2, -0.15) is 0 Å². The van der Waals surface area contributed by atoms with E-state index in [4.69, 9.17) is 0 Å². The lowest BCUT2D eigenvalue weighted by Crippen LogP contribution is -2.39. The molecular weight excluding hydrogens is 316 g/mol. The van der Waals surface area contributed by atoms with Crippen molar-refractivity contribution in [3.05, 3.63) is 45.6 Å². The van der Waals surface area contributed by atoms with Gasteiger partial charge in [0.05, 0.1) is 12.6 Å². The number of benzene rings is 1. The van der Waals surface area contributed by atoms with Gasteiger partial charge < -0.3 is 10.1 Å². The molecule has 2 rings (SSSR count). The number of nitrogens with one attached hydrogen (secondary N) is 1. The van der Waals surface area contributed by atoms with Crippen molar-refractivity contribution < 1.29 is 5.11 Å². The van der Waals surface area contributed by atoms with Crippen LogP contribution >= 0.6 is 15.9 Å². The monoisotopic (exact) mass is 338 g/mol. The van der Waals surface area contributed by atoms with Crippen LogP contribution in [-0.2, 0) is 6.42 Å². The highest BCUT2D eigenvalue weighted by Gasteiger charge is 2.27. The number of aliphatic hydroxyl groups excluding tert-OH is 1. The van der Waals surface area contributed by atoms with E-state index in [0.29, 0.717) is 0 Å². The molecule has 0 fully saturated rings. The van der Waals surface area contributed by atoms with E-state index < -0.39 is 0 Å². The topological polar surface area (TPSA) is 35.5 Å². The van der Waals surface area contributed by atoms with Gasteiger partial charge >= 0.3 is 0 Å². The summed E-state index contributed by atoms with van der Waals surface area (Å²) in [5, 5.41) is 11.8. The van der Waals surface area contributed by atoms with Crippen molar-refractivity contribution in [3.63, 3.8) is 0 Å². The third-order valence-electron chi connectivity index (χ3n) is 3.86. The molecule has 1 atom stereocenters. The molecule has 110 valence electrons. The van der Waals surface area contributed by atoms with Gasteiger partial charge in [-0.15, -0.1) is 0 Å². The molecule has 0 saturated heterocycles. The Kier molecular flexibility index (Phi) is 5.64. The van der Waals surface area contributed by atoms with Gasteiger partial charge in [-0.25, -0.2) is 5.43 Å². The second-order valence-corrected chi connectivity index (χ2v) is 6.20. The summed E-state index contributed by atoms with van der Waals surface area (Å²) in [6.07, 6.45) is 3.24. The Morgan fingerprint density at radius 1 is 1.30 bits per heavy atom. The predicted octanol–water partition coefficient (Wildman–Crippen LogP) is 3.25. The Balaban J connectivity index is 2.06. The third-order valence-corrected chi connectivity index (χ3v) is 4.39. The standard InChI is InChI=1S/C16H23BrN2O/c1-3-4-9-19-12(2)15(11-20)16(18-19)10-13-5-7-14(17)8-6-13/h5-8,16,18,20H,3-4,9-11H2,1-2H3. The Labute approximate surface area is 129 Å². The molecule has 1 aromatic carbocycles. The van der Waals surface area contributed by atoms with Crippen molar-refractivity contribution in [1.82, 2.24) is 10.4 Å². The number of hydrazine groups is 1. The lowest BCUT2D eigenvalue weighted by Gasteiger charge is -2.22. The summed E-state index contributed by atoms with van der Waals surface area (Å²) in [6.45, 7) is 5.42. The average molecular weight is 339 g/mol. The minimum absolute atomic E-state index is 0.128. The number of allylic oxidation sites excluding steroid dienone is 1. The van der Waals surface area contributed by atoms with Crippen LogP contribution in [0.1, 0.15) is 32.3 Å². The van der Waals surface area contributed by atoms with E-state index in [1.54, 1.807) is 0 Å². The molecule has 0 spiro atoms.